The Hall–Kier alpha value is -1.00. The van der Waals surface area contributed by atoms with Gasteiger partial charge in [0.05, 0.1) is 33.8 Å². The lowest BCUT2D eigenvalue weighted by molar-refractivity contribution is 0.0541. The van der Waals surface area contributed by atoms with Crippen molar-refractivity contribution < 1.29 is 18.6 Å². The number of hydrogen-bond donors (Lipinski definition) is 0. The van der Waals surface area contributed by atoms with Crippen molar-refractivity contribution in [3.63, 3.8) is 0 Å². The molecule has 0 radical (unpaired) electrons. The smallest absolute Gasteiger partial charge is 0.318 e. The zero-order valence-electron chi connectivity index (χ0n) is 16.1. The van der Waals surface area contributed by atoms with Gasteiger partial charge in [-0.3, -0.25) is 4.90 Å². The highest BCUT2D eigenvalue weighted by molar-refractivity contribution is 9.12. The van der Waals surface area contributed by atoms with Crippen LogP contribution >= 0.6 is 27.5 Å². The van der Waals surface area contributed by atoms with E-state index in [0.29, 0.717) is 37.2 Å². The number of likely N-dealkylation sites (N-methyl/N-ethyl adjacent to an activating group) is 1. The molecule has 0 aromatic heterocycles. The van der Waals surface area contributed by atoms with Gasteiger partial charge in [0.25, 0.3) is 0 Å². The molecule has 0 spiro atoms. The van der Waals surface area contributed by atoms with Crippen molar-refractivity contribution in [1.29, 1.82) is 0 Å². The van der Waals surface area contributed by atoms with Crippen molar-refractivity contribution >= 4 is 39.4 Å². The molecule has 10 heteroatoms. The monoisotopic (exact) mass is 488 g/mol. The summed E-state index contributed by atoms with van der Waals surface area (Å²) in [6.07, 6.45) is 1.45. The molecule has 2 fully saturated rings. The Morgan fingerprint density at radius 2 is 2.07 bits per heavy atom. The Bertz CT molecular complexity index is 832. The third-order valence-corrected chi connectivity index (χ3v) is 7.55. The number of allylic oxidation sites excluding steroid dienone is 2. The molecule has 158 valence electrons. The van der Waals surface area contributed by atoms with Gasteiger partial charge in [-0.05, 0) is 35.8 Å². The molecular weight excluding hydrogens is 467 g/mol. The second-order valence-corrected chi connectivity index (χ2v) is 9.17. The minimum atomic E-state index is -0.510. The number of amidine groups is 2. The Kier molecular flexibility index (Phi) is 5.45. The zero-order chi connectivity index (χ0) is 20.1. The van der Waals surface area contributed by atoms with Crippen molar-refractivity contribution in [2.45, 2.75) is 31.1 Å². The molecule has 0 saturated carbocycles. The van der Waals surface area contributed by atoms with E-state index in [1.54, 1.807) is 0 Å². The van der Waals surface area contributed by atoms with Crippen LogP contribution in [0.25, 0.3) is 0 Å². The van der Waals surface area contributed by atoms with E-state index in [1.165, 1.54) is 0 Å². The van der Waals surface area contributed by atoms with Crippen LogP contribution in [0, 0.1) is 5.92 Å². The quantitative estimate of drug-likeness (QED) is 0.524. The first-order valence-corrected chi connectivity index (χ1v) is 11.1. The molecule has 0 N–H and O–H groups in total. The molecule has 29 heavy (non-hydrogen) atoms. The molecule has 7 nitrogen and oxygen atoms in total. The van der Waals surface area contributed by atoms with Crippen LogP contribution in [0.4, 0.5) is 4.39 Å². The normalized spacial score (nSPS) is 35.8. The Morgan fingerprint density at radius 3 is 2.93 bits per heavy atom. The molecule has 0 amide bonds. The molecule has 5 aliphatic rings. The van der Waals surface area contributed by atoms with Gasteiger partial charge < -0.3 is 19.1 Å². The Morgan fingerprint density at radius 1 is 1.21 bits per heavy atom. The van der Waals surface area contributed by atoms with Crippen LogP contribution in [-0.2, 0) is 14.2 Å². The third-order valence-electron chi connectivity index (χ3n) is 6.14. The number of rotatable bonds is 0. The summed E-state index contributed by atoms with van der Waals surface area (Å²) in [5.74, 6) is -0.261. The molecule has 0 aromatic carbocycles. The minimum Gasteiger partial charge on any atom is -0.462 e. The van der Waals surface area contributed by atoms with E-state index in [-0.39, 0.29) is 28.3 Å². The molecule has 2 unspecified atom stereocenters. The summed E-state index contributed by atoms with van der Waals surface area (Å²) < 4.78 is 33.4. The molecular formula is C19H23BrClFN4O3. The van der Waals surface area contributed by atoms with Gasteiger partial charge in [0, 0.05) is 32.3 Å². The Labute approximate surface area is 182 Å². The van der Waals surface area contributed by atoms with Crippen LogP contribution in [0.5, 0.6) is 0 Å². The predicted octanol–water partition coefficient (Wildman–Crippen LogP) is 2.62. The predicted molar refractivity (Wildman–Crippen MR) is 111 cm³/mol. The van der Waals surface area contributed by atoms with E-state index in [1.807, 2.05) is 0 Å². The summed E-state index contributed by atoms with van der Waals surface area (Å²) in [6.45, 7) is 3.84. The number of fused-ring (bicyclic) bond motifs is 3. The summed E-state index contributed by atoms with van der Waals surface area (Å²) in [5, 5.41) is 0.311. The highest BCUT2D eigenvalue weighted by atomic mass is 79.9. The zero-order valence-corrected chi connectivity index (χ0v) is 18.5. The van der Waals surface area contributed by atoms with Crippen molar-refractivity contribution in [2.75, 3.05) is 46.5 Å². The van der Waals surface area contributed by atoms with E-state index in [4.69, 9.17) is 30.8 Å². The molecule has 5 rings (SSSR count). The van der Waals surface area contributed by atoms with Crippen LogP contribution in [0.15, 0.2) is 31.0 Å². The van der Waals surface area contributed by atoms with Crippen LogP contribution in [0.1, 0.15) is 12.8 Å². The fraction of sp³-hybridized carbons (Fsp3) is 0.684. The van der Waals surface area contributed by atoms with Gasteiger partial charge >= 0.3 is 6.02 Å². The van der Waals surface area contributed by atoms with E-state index in [2.05, 4.69) is 37.8 Å². The number of nitrogens with zero attached hydrogens (tertiary/aromatic N) is 4. The minimum absolute atomic E-state index is 0.193. The van der Waals surface area contributed by atoms with Crippen LogP contribution < -0.4 is 0 Å². The number of aliphatic imine (C=N–C) groups is 2. The molecule has 2 saturated heterocycles. The number of hydrogen-bond acceptors (Lipinski definition) is 7. The lowest BCUT2D eigenvalue weighted by atomic mass is 9.90. The molecule has 1 aliphatic carbocycles. The topological polar surface area (TPSA) is 58.9 Å². The Balaban J connectivity index is 1.55. The summed E-state index contributed by atoms with van der Waals surface area (Å²) in [4.78, 5) is 13.5. The van der Waals surface area contributed by atoms with Crippen molar-refractivity contribution in [3.8, 4) is 0 Å². The van der Waals surface area contributed by atoms with Crippen LogP contribution in [-0.4, -0.2) is 86.4 Å². The number of likely N-dealkylation sites (tertiary alicyclic amines) is 1. The standard InChI is InChI=1S/C19H23BrClFN4O3/c1-25-8-11-7-10(25)9-29-19-23-16-12-17(14(21)13(20)15(16)22)28-6-4-26(18(12)24-19)3-2-5-27-11/h10-12,17H,2-9H2,1H3/t10-,11+,12?,17?/m1/s1. The SMILES string of the molecule is CN1C[C@@H]2C[C@@H]1COC1=NC3=C(F)C(Br)=C(Cl)C4OCCN(CCCO2)C(=N1)C34. The maximum atomic E-state index is 15.1. The molecule has 4 atom stereocenters. The molecule has 4 aliphatic heterocycles. The van der Waals surface area contributed by atoms with E-state index >= 15 is 4.39 Å². The average molecular weight is 490 g/mol. The molecule has 0 aromatic rings. The van der Waals surface area contributed by atoms with Crippen molar-refractivity contribution in [3.05, 3.63) is 21.0 Å². The van der Waals surface area contributed by atoms with Crippen LogP contribution in [0.3, 0.4) is 0 Å². The third kappa shape index (κ3) is 3.54. The summed E-state index contributed by atoms with van der Waals surface area (Å²) in [7, 11) is 2.07. The van der Waals surface area contributed by atoms with Crippen molar-refractivity contribution in [1.82, 2.24) is 9.80 Å². The second kappa shape index (κ2) is 7.92. The fourth-order valence-electron chi connectivity index (χ4n) is 4.59. The van der Waals surface area contributed by atoms with Crippen molar-refractivity contribution in [2.24, 2.45) is 15.9 Å². The summed E-state index contributed by atoms with van der Waals surface area (Å²) in [6, 6.07) is 0.413. The van der Waals surface area contributed by atoms with Gasteiger partial charge in [0.1, 0.15) is 18.5 Å². The summed E-state index contributed by atoms with van der Waals surface area (Å²) >= 11 is 9.70. The number of halogens is 3. The fourth-order valence-corrected chi connectivity index (χ4v) is 5.29. The maximum absolute atomic E-state index is 15.1. The largest absolute Gasteiger partial charge is 0.462 e. The molecule has 4 bridgehead atoms. The van der Waals surface area contributed by atoms with E-state index < -0.39 is 17.8 Å². The van der Waals surface area contributed by atoms with Crippen LogP contribution in [0.2, 0.25) is 0 Å². The highest BCUT2D eigenvalue weighted by Gasteiger charge is 2.46. The highest BCUT2D eigenvalue weighted by Crippen LogP contribution is 2.45. The van der Waals surface area contributed by atoms with Gasteiger partial charge in [-0.25, -0.2) is 4.39 Å². The molecule has 4 heterocycles. The first kappa shape index (κ1) is 19.9. The maximum Gasteiger partial charge on any atom is 0.318 e. The van der Waals surface area contributed by atoms with Gasteiger partial charge in [0.15, 0.2) is 5.83 Å². The van der Waals surface area contributed by atoms with Gasteiger partial charge in [0.2, 0.25) is 0 Å². The lowest BCUT2D eigenvalue weighted by Crippen LogP contribution is -2.44. The second-order valence-electron chi connectivity index (χ2n) is 7.97. The first-order chi connectivity index (χ1) is 14.0. The summed E-state index contributed by atoms with van der Waals surface area (Å²) in [5.41, 5.74) is 0.266. The number of ether oxygens (including phenoxy) is 3. The lowest BCUT2D eigenvalue weighted by Gasteiger charge is -2.35. The van der Waals surface area contributed by atoms with Gasteiger partial charge in [-0.15, -0.1) is 0 Å². The van der Waals surface area contributed by atoms with E-state index in [9.17, 15) is 0 Å². The van der Waals surface area contributed by atoms with Gasteiger partial charge in [-0.2, -0.15) is 9.98 Å². The first-order valence-electron chi connectivity index (χ1n) is 9.96. The van der Waals surface area contributed by atoms with Gasteiger partial charge in [-0.1, -0.05) is 11.6 Å². The van der Waals surface area contributed by atoms with E-state index in [0.717, 1.165) is 25.9 Å². The average Bonchev–Trinajstić information content (AvgIpc) is 2.96.